The van der Waals surface area contributed by atoms with Crippen LogP contribution in [0.15, 0.2) is 0 Å². The van der Waals surface area contributed by atoms with Gasteiger partial charge in [0.15, 0.2) is 5.65 Å². The maximum absolute atomic E-state index is 4.89. The van der Waals surface area contributed by atoms with E-state index >= 15 is 0 Å². The number of imidazole rings is 1. The molecule has 19 heavy (non-hydrogen) atoms. The summed E-state index contributed by atoms with van der Waals surface area (Å²) < 4.78 is 2.16. The van der Waals surface area contributed by atoms with E-state index in [-0.39, 0.29) is 0 Å². The molecular weight excluding hydrogens is 236 g/mol. The summed E-state index contributed by atoms with van der Waals surface area (Å²) in [4.78, 5) is 8.44. The van der Waals surface area contributed by atoms with E-state index < -0.39 is 0 Å². The highest BCUT2D eigenvalue weighted by atomic mass is 15.3. The average Bonchev–Trinajstić information content (AvgIpc) is 2.85. The summed E-state index contributed by atoms with van der Waals surface area (Å²) in [5.41, 5.74) is 3.34. The molecule has 0 radical (unpaired) electrons. The predicted molar refractivity (Wildman–Crippen MR) is 75.3 cm³/mol. The van der Waals surface area contributed by atoms with Gasteiger partial charge in [0, 0.05) is 5.92 Å². The lowest BCUT2D eigenvalue weighted by atomic mass is 10.1. The quantitative estimate of drug-likeness (QED) is 0.912. The van der Waals surface area contributed by atoms with Gasteiger partial charge in [-0.3, -0.25) is 0 Å². The Bertz CT molecular complexity index is 599. The normalized spacial score (nSPS) is 22.4. The molecule has 2 aromatic rings. The molecule has 2 heterocycles. The van der Waals surface area contributed by atoms with Gasteiger partial charge in [-0.1, -0.05) is 12.8 Å². The Morgan fingerprint density at radius 3 is 2.63 bits per heavy atom. The molecule has 0 saturated heterocycles. The Labute approximate surface area is 113 Å². The predicted octanol–water partition coefficient (Wildman–Crippen LogP) is 3.70. The SMILES string of the molecule is Cc1nn(C(C)C2CC2)c2nc(C3CCCC3)[nH]c12. The zero-order chi connectivity index (χ0) is 13.0. The third-order valence-electron chi connectivity index (χ3n) is 4.97. The van der Waals surface area contributed by atoms with Crippen molar-refractivity contribution in [2.75, 3.05) is 0 Å². The van der Waals surface area contributed by atoms with Crippen molar-refractivity contribution in [3.63, 3.8) is 0 Å². The van der Waals surface area contributed by atoms with Gasteiger partial charge in [-0.25, -0.2) is 9.67 Å². The second kappa shape index (κ2) is 4.09. The summed E-state index contributed by atoms with van der Waals surface area (Å²) in [7, 11) is 0. The van der Waals surface area contributed by atoms with Crippen LogP contribution >= 0.6 is 0 Å². The highest BCUT2D eigenvalue weighted by Gasteiger charge is 2.32. The molecule has 4 heteroatoms. The van der Waals surface area contributed by atoms with Crippen LogP contribution in [0.5, 0.6) is 0 Å². The van der Waals surface area contributed by atoms with Crippen molar-refractivity contribution in [3.05, 3.63) is 11.5 Å². The number of nitrogens with zero attached hydrogens (tertiary/aromatic N) is 3. The van der Waals surface area contributed by atoms with Gasteiger partial charge in [-0.15, -0.1) is 0 Å². The lowest BCUT2D eigenvalue weighted by Crippen LogP contribution is -2.09. The molecule has 0 bridgehead atoms. The highest BCUT2D eigenvalue weighted by molar-refractivity contribution is 5.74. The lowest BCUT2D eigenvalue weighted by molar-refractivity contribution is 0.448. The van der Waals surface area contributed by atoms with E-state index in [1.165, 1.54) is 44.3 Å². The molecule has 0 aliphatic heterocycles. The van der Waals surface area contributed by atoms with E-state index in [9.17, 15) is 0 Å². The number of aromatic amines is 1. The standard InChI is InChI=1S/C15H22N4/c1-9-13-15(19(18-9)10(2)11-7-8-11)17-14(16-13)12-5-3-4-6-12/h10-12H,3-8H2,1-2H3,(H,16,17). The van der Waals surface area contributed by atoms with Crippen molar-refractivity contribution in [3.8, 4) is 0 Å². The molecule has 4 rings (SSSR count). The molecule has 1 unspecified atom stereocenters. The molecule has 0 amide bonds. The fraction of sp³-hybridized carbons (Fsp3) is 0.733. The van der Waals surface area contributed by atoms with E-state index in [1.807, 2.05) is 0 Å². The maximum Gasteiger partial charge on any atom is 0.176 e. The molecule has 2 aliphatic carbocycles. The zero-order valence-electron chi connectivity index (χ0n) is 11.8. The molecule has 102 valence electrons. The molecule has 2 fully saturated rings. The van der Waals surface area contributed by atoms with Gasteiger partial charge in [-0.2, -0.15) is 5.10 Å². The van der Waals surface area contributed by atoms with Crippen molar-refractivity contribution < 1.29 is 0 Å². The van der Waals surface area contributed by atoms with Gasteiger partial charge >= 0.3 is 0 Å². The van der Waals surface area contributed by atoms with E-state index in [2.05, 4.69) is 23.5 Å². The molecule has 0 aromatic carbocycles. The van der Waals surface area contributed by atoms with Crippen LogP contribution in [0.3, 0.4) is 0 Å². The summed E-state index contributed by atoms with van der Waals surface area (Å²) >= 11 is 0. The van der Waals surface area contributed by atoms with Crippen molar-refractivity contribution in [2.45, 2.75) is 64.3 Å². The van der Waals surface area contributed by atoms with Crippen LogP contribution in [0.2, 0.25) is 0 Å². The van der Waals surface area contributed by atoms with E-state index in [0.29, 0.717) is 12.0 Å². The topological polar surface area (TPSA) is 46.5 Å². The van der Waals surface area contributed by atoms with Crippen molar-refractivity contribution in [1.29, 1.82) is 0 Å². The van der Waals surface area contributed by atoms with E-state index in [1.54, 1.807) is 0 Å². The minimum Gasteiger partial charge on any atom is -0.339 e. The van der Waals surface area contributed by atoms with Crippen molar-refractivity contribution in [2.24, 2.45) is 5.92 Å². The number of aryl methyl sites for hydroxylation is 1. The van der Waals surface area contributed by atoms with Gasteiger partial charge in [-0.05, 0) is 45.4 Å². The van der Waals surface area contributed by atoms with Gasteiger partial charge in [0.25, 0.3) is 0 Å². The number of hydrogen-bond donors (Lipinski definition) is 1. The van der Waals surface area contributed by atoms with Crippen molar-refractivity contribution in [1.82, 2.24) is 19.7 Å². The average molecular weight is 258 g/mol. The van der Waals surface area contributed by atoms with Crippen LogP contribution in [0.1, 0.15) is 68.9 Å². The van der Waals surface area contributed by atoms with Crippen LogP contribution < -0.4 is 0 Å². The van der Waals surface area contributed by atoms with Crippen LogP contribution in [0, 0.1) is 12.8 Å². The molecule has 1 atom stereocenters. The Balaban J connectivity index is 1.77. The Morgan fingerprint density at radius 2 is 1.95 bits per heavy atom. The second-order valence-corrected chi connectivity index (χ2v) is 6.41. The smallest absolute Gasteiger partial charge is 0.176 e. The zero-order valence-corrected chi connectivity index (χ0v) is 11.8. The fourth-order valence-corrected chi connectivity index (χ4v) is 3.51. The first kappa shape index (κ1) is 11.5. The summed E-state index contributed by atoms with van der Waals surface area (Å²) in [5, 5.41) is 4.70. The Kier molecular flexibility index (Phi) is 2.47. The Morgan fingerprint density at radius 1 is 1.21 bits per heavy atom. The summed E-state index contributed by atoms with van der Waals surface area (Å²) in [6.07, 6.45) is 7.99. The lowest BCUT2D eigenvalue weighted by Gasteiger charge is -2.10. The Hall–Kier alpha value is -1.32. The van der Waals surface area contributed by atoms with Crippen LogP contribution in [0.25, 0.3) is 11.2 Å². The van der Waals surface area contributed by atoms with Gasteiger partial charge in [0.2, 0.25) is 0 Å². The first-order chi connectivity index (χ1) is 9.24. The molecule has 2 aliphatic rings. The number of aromatic nitrogens is 4. The number of nitrogens with one attached hydrogen (secondary N) is 1. The molecular formula is C15H22N4. The molecule has 2 aromatic heterocycles. The van der Waals surface area contributed by atoms with Crippen LogP contribution in [0.4, 0.5) is 0 Å². The van der Waals surface area contributed by atoms with Crippen LogP contribution in [-0.4, -0.2) is 19.7 Å². The number of rotatable bonds is 3. The second-order valence-electron chi connectivity index (χ2n) is 6.41. The van der Waals surface area contributed by atoms with Crippen molar-refractivity contribution >= 4 is 11.2 Å². The minimum atomic E-state index is 0.496. The molecule has 2 saturated carbocycles. The fourth-order valence-electron chi connectivity index (χ4n) is 3.51. The summed E-state index contributed by atoms with van der Waals surface area (Å²) in [6.45, 7) is 4.38. The highest BCUT2D eigenvalue weighted by Crippen LogP contribution is 2.41. The monoisotopic (exact) mass is 258 g/mol. The molecule has 4 nitrogen and oxygen atoms in total. The van der Waals surface area contributed by atoms with E-state index in [0.717, 1.165) is 22.8 Å². The molecule has 0 spiro atoms. The number of H-pyrrole nitrogens is 1. The number of fused-ring (bicyclic) bond motifs is 1. The number of hydrogen-bond acceptors (Lipinski definition) is 2. The first-order valence-corrected chi connectivity index (χ1v) is 7.68. The van der Waals surface area contributed by atoms with Crippen LogP contribution in [-0.2, 0) is 0 Å². The summed E-state index contributed by atoms with van der Waals surface area (Å²) in [6, 6.07) is 0.496. The van der Waals surface area contributed by atoms with Gasteiger partial charge in [0.05, 0.1) is 11.7 Å². The third-order valence-corrected chi connectivity index (χ3v) is 4.97. The largest absolute Gasteiger partial charge is 0.339 e. The van der Waals surface area contributed by atoms with Gasteiger partial charge < -0.3 is 4.98 Å². The first-order valence-electron chi connectivity index (χ1n) is 7.68. The maximum atomic E-state index is 4.89. The summed E-state index contributed by atoms with van der Waals surface area (Å²) in [5.74, 6) is 2.66. The third kappa shape index (κ3) is 1.80. The van der Waals surface area contributed by atoms with E-state index in [4.69, 9.17) is 10.1 Å². The molecule has 1 N–H and O–H groups in total. The minimum absolute atomic E-state index is 0.496. The van der Waals surface area contributed by atoms with Gasteiger partial charge in [0.1, 0.15) is 11.3 Å².